The molecular formula is C16H15Cl2FN2. The Hall–Kier alpha value is -1.19. The Bertz CT molecular complexity index is 631. The molecule has 1 aromatic heterocycles. The molecule has 2 nitrogen and oxygen atoms in total. The monoisotopic (exact) mass is 324 g/mol. The molecule has 110 valence electrons. The van der Waals surface area contributed by atoms with Crippen molar-refractivity contribution in [3.8, 4) is 0 Å². The van der Waals surface area contributed by atoms with Crippen molar-refractivity contribution >= 4 is 23.2 Å². The first-order chi connectivity index (χ1) is 10.1. The van der Waals surface area contributed by atoms with Crippen LogP contribution in [0.4, 0.5) is 4.39 Å². The summed E-state index contributed by atoms with van der Waals surface area (Å²) in [7, 11) is 0. The Balaban J connectivity index is 1.87. The third kappa shape index (κ3) is 3.35. The molecule has 0 N–H and O–H groups in total. The van der Waals surface area contributed by atoms with Crippen LogP contribution in [-0.2, 0) is 6.42 Å². The molecule has 5 heteroatoms. The zero-order valence-corrected chi connectivity index (χ0v) is 13.0. The minimum absolute atomic E-state index is 0.271. The van der Waals surface area contributed by atoms with Crippen molar-refractivity contribution in [2.75, 3.05) is 0 Å². The van der Waals surface area contributed by atoms with Crippen LogP contribution in [0.5, 0.6) is 0 Å². The van der Waals surface area contributed by atoms with Gasteiger partial charge in [-0.05, 0) is 36.5 Å². The number of benzene rings is 1. The Kier molecular flexibility index (Phi) is 4.41. The summed E-state index contributed by atoms with van der Waals surface area (Å²) < 4.78 is 13.2. The zero-order chi connectivity index (χ0) is 14.8. The molecule has 3 rings (SSSR count). The lowest BCUT2D eigenvalue weighted by molar-refractivity contribution is 0.625. The second-order valence-corrected chi connectivity index (χ2v) is 6.14. The third-order valence-electron chi connectivity index (χ3n) is 3.91. The second kappa shape index (κ2) is 6.29. The summed E-state index contributed by atoms with van der Waals surface area (Å²) in [4.78, 5) is 8.70. The van der Waals surface area contributed by atoms with E-state index in [-0.39, 0.29) is 5.82 Å². The summed E-state index contributed by atoms with van der Waals surface area (Å²) in [5.41, 5.74) is 1.68. The van der Waals surface area contributed by atoms with Gasteiger partial charge in [-0.15, -0.1) is 0 Å². The van der Waals surface area contributed by atoms with Gasteiger partial charge in [-0.25, -0.2) is 14.4 Å². The van der Waals surface area contributed by atoms with Gasteiger partial charge in [0.2, 0.25) is 0 Å². The van der Waals surface area contributed by atoms with Gasteiger partial charge in [-0.3, -0.25) is 0 Å². The smallest absolute Gasteiger partial charge is 0.137 e. The van der Waals surface area contributed by atoms with Crippen LogP contribution in [0.2, 0.25) is 10.3 Å². The molecule has 0 atom stereocenters. The van der Waals surface area contributed by atoms with Crippen molar-refractivity contribution in [1.29, 1.82) is 0 Å². The zero-order valence-electron chi connectivity index (χ0n) is 11.5. The molecule has 1 aromatic carbocycles. The average Bonchev–Trinajstić information content (AvgIpc) is 2.91. The molecule has 2 aromatic rings. The molecule has 0 bridgehead atoms. The van der Waals surface area contributed by atoms with Gasteiger partial charge in [0.1, 0.15) is 21.9 Å². The van der Waals surface area contributed by atoms with Crippen molar-refractivity contribution in [3.63, 3.8) is 0 Å². The summed E-state index contributed by atoms with van der Waals surface area (Å²) in [5.74, 6) is 0.623. The summed E-state index contributed by atoms with van der Waals surface area (Å²) >= 11 is 12.6. The largest absolute Gasteiger partial charge is 0.220 e. The van der Waals surface area contributed by atoms with Gasteiger partial charge in [-0.1, -0.05) is 48.2 Å². The van der Waals surface area contributed by atoms with Crippen LogP contribution in [0.3, 0.4) is 0 Å². The van der Waals surface area contributed by atoms with Crippen molar-refractivity contribution < 1.29 is 4.39 Å². The first-order valence-corrected chi connectivity index (χ1v) is 7.85. The fourth-order valence-electron chi connectivity index (χ4n) is 2.92. The van der Waals surface area contributed by atoms with Crippen LogP contribution >= 0.6 is 23.2 Å². The highest BCUT2D eigenvalue weighted by molar-refractivity contribution is 6.34. The van der Waals surface area contributed by atoms with Crippen LogP contribution in [-0.4, -0.2) is 9.97 Å². The van der Waals surface area contributed by atoms with E-state index >= 15 is 0 Å². The van der Waals surface area contributed by atoms with Crippen LogP contribution in [0, 0.1) is 5.82 Å². The lowest BCUT2D eigenvalue weighted by atomic mass is 10.0. The van der Waals surface area contributed by atoms with Gasteiger partial charge >= 0.3 is 0 Å². The Labute approximate surface area is 133 Å². The van der Waals surface area contributed by atoms with Crippen LogP contribution in [0.25, 0.3) is 0 Å². The van der Waals surface area contributed by atoms with Gasteiger partial charge in [-0.2, -0.15) is 0 Å². The van der Waals surface area contributed by atoms with Gasteiger partial charge in [0, 0.05) is 12.0 Å². The average molecular weight is 325 g/mol. The van der Waals surface area contributed by atoms with Gasteiger partial charge in [0.25, 0.3) is 0 Å². The summed E-state index contributed by atoms with van der Waals surface area (Å²) in [5, 5.41) is 0.876. The minimum Gasteiger partial charge on any atom is -0.220 e. The van der Waals surface area contributed by atoms with Gasteiger partial charge in [0.05, 0.1) is 0 Å². The molecule has 21 heavy (non-hydrogen) atoms. The van der Waals surface area contributed by atoms with Gasteiger partial charge < -0.3 is 0 Å². The molecule has 0 radical (unpaired) electrons. The van der Waals surface area contributed by atoms with Crippen molar-refractivity contribution in [2.24, 2.45) is 0 Å². The minimum atomic E-state index is -0.271. The van der Waals surface area contributed by atoms with Crippen molar-refractivity contribution in [1.82, 2.24) is 9.97 Å². The molecule has 1 saturated carbocycles. The van der Waals surface area contributed by atoms with Crippen LogP contribution in [0.15, 0.2) is 24.3 Å². The number of aromatic nitrogens is 2. The lowest BCUT2D eigenvalue weighted by Crippen LogP contribution is -2.04. The topological polar surface area (TPSA) is 25.8 Å². The van der Waals surface area contributed by atoms with E-state index in [1.807, 2.05) is 6.07 Å². The standard InChI is InChI=1S/C16H15Cl2FN2/c17-15-14(11-5-1-2-6-11)16(18)21-13(20-15)9-10-4-3-7-12(19)8-10/h3-4,7-8,11H,1-2,5-6,9H2. The molecular weight excluding hydrogens is 310 g/mol. The molecule has 0 unspecified atom stereocenters. The molecule has 0 spiro atoms. The fourth-order valence-corrected chi connectivity index (χ4v) is 3.65. The predicted molar refractivity (Wildman–Crippen MR) is 82.5 cm³/mol. The molecule has 0 amide bonds. The van der Waals surface area contributed by atoms with Gasteiger partial charge in [0.15, 0.2) is 0 Å². The number of nitrogens with zero attached hydrogens (tertiary/aromatic N) is 2. The van der Waals surface area contributed by atoms with Crippen molar-refractivity contribution in [3.05, 3.63) is 57.3 Å². The summed E-state index contributed by atoms with van der Waals surface area (Å²) in [6, 6.07) is 6.38. The number of halogens is 3. The molecule has 1 aliphatic rings. The van der Waals surface area contributed by atoms with E-state index < -0.39 is 0 Å². The summed E-state index contributed by atoms with van der Waals surface area (Å²) in [6.45, 7) is 0. The maximum Gasteiger partial charge on any atom is 0.137 e. The van der Waals surface area contributed by atoms with E-state index in [9.17, 15) is 4.39 Å². The van der Waals surface area contributed by atoms with Crippen LogP contribution in [0.1, 0.15) is 48.6 Å². The lowest BCUT2D eigenvalue weighted by Gasteiger charge is -2.13. The predicted octanol–water partition coefficient (Wildman–Crippen LogP) is 5.17. The normalized spacial score (nSPS) is 15.6. The quantitative estimate of drug-likeness (QED) is 0.728. The molecule has 1 fully saturated rings. The maximum atomic E-state index is 13.2. The Morgan fingerprint density at radius 2 is 1.76 bits per heavy atom. The summed E-state index contributed by atoms with van der Waals surface area (Å²) in [6.07, 6.45) is 4.99. The van der Waals surface area contributed by atoms with E-state index in [1.54, 1.807) is 6.07 Å². The number of hydrogen-bond donors (Lipinski definition) is 0. The highest BCUT2D eigenvalue weighted by atomic mass is 35.5. The van der Waals surface area contributed by atoms with E-state index in [0.29, 0.717) is 28.5 Å². The number of hydrogen-bond acceptors (Lipinski definition) is 2. The highest BCUT2D eigenvalue weighted by Crippen LogP contribution is 2.40. The van der Waals surface area contributed by atoms with E-state index in [0.717, 1.165) is 24.0 Å². The first kappa shape index (κ1) is 14.7. The SMILES string of the molecule is Fc1cccc(Cc2nc(Cl)c(C3CCCC3)c(Cl)n2)c1. The maximum absolute atomic E-state index is 13.2. The second-order valence-electron chi connectivity index (χ2n) is 5.42. The van der Waals surface area contributed by atoms with E-state index in [4.69, 9.17) is 23.2 Å². The molecule has 1 heterocycles. The van der Waals surface area contributed by atoms with E-state index in [2.05, 4.69) is 9.97 Å². The fraction of sp³-hybridized carbons (Fsp3) is 0.375. The Morgan fingerprint density at radius 3 is 2.38 bits per heavy atom. The third-order valence-corrected chi connectivity index (χ3v) is 4.49. The van der Waals surface area contributed by atoms with Crippen molar-refractivity contribution in [2.45, 2.75) is 38.0 Å². The molecule has 0 aliphatic heterocycles. The first-order valence-electron chi connectivity index (χ1n) is 7.10. The number of rotatable bonds is 3. The molecule has 1 aliphatic carbocycles. The van der Waals surface area contributed by atoms with E-state index in [1.165, 1.54) is 25.0 Å². The molecule has 0 saturated heterocycles. The van der Waals surface area contributed by atoms with Crippen LogP contribution < -0.4 is 0 Å². The Morgan fingerprint density at radius 1 is 1.10 bits per heavy atom. The highest BCUT2D eigenvalue weighted by Gasteiger charge is 2.24.